The van der Waals surface area contributed by atoms with Crippen LogP contribution in [-0.2, 0) is 6.42 Å². The van der Waals surface area contributed by atoms with Crippen molar-refractivity contribution < 1.29 is 4.74 Å². The summed E-state index contributed by atoms with van der Waals surface area (Å²) in [4.78, 5) is 0. The lowest BCUT2D eigenvalue weighted by Gasteiger charge is -2.09. The minimum Gasteiger partial charge on any atom is -0.492 e. The van der Waals surface area contributed by atoms with Gasteiger partial charge in [-0.25, -0.2) is 0 Å². The summed E-state index contributed by atoms with van der Waals surface area (Å²) in [5.41, 5.74) is 0.881. The Morgan fingerprint density at radius 3 is 2.81 bits per heavy atom. The Morgan fingerprint density at radius 2 is 2.06 bits per heavy atom. The number of para-hydroxylation sites is 2. The van der Waals surface area contributed by atoms with Crippen molar-refractivity contribution in [1.82, 2.24) is 20.2 Å². The maximum absolute atomic E-state index is 5.54. The zero-order valence-corrected chi connectivity index (χ0v) is 9.42. The third-order valence-corrected chi connectivity index (χ3v) is 2.24. The Bertz CT molecular complexity index is 467. The van der Waals surface area contributed by atoms with Crippen LogP contribution < -0.4 is 4.74 Å². The molecule has 0 unspecified atom stereocenters. The molecule has 1 aromatic carbocycles. The van der Waals surface area contributed by atoms with Crippen molar-refractivity contribution in [2.24, 2.45) is 0 Å². The quantitative estimate of drug-likeness (QED) is 0.782. The van der Waals surface area contributed by atoms with Gasteiger partial charge in [-0.2, -0.15) is 4.68 Å². The first-order valence-electron chi connectivity index (χ1n) is 5.36. The topological polar surface area (TPSA) is 52.8 Å². The van der Waals surface area contributed by atoms with Gasteiger partial charge < -0.3 is 4.74 Å². The maximum Gasteiger partial charge on any atom is 0.156 e. The number of aromatic nitrogens is 4. The molecule has 16 heavy (non-hydrogen) atoms. The summed E-state index contributed by atoms with van der Waals surface area (Å²) in [6, 6.07) is 7.74. The molecule has 0 N–H and O–H groups in total. The summed E-state index contributed by atoms with van der Waals surface area (Å²) in [5, 5.41) is 11.6. The minimum absolute atomic E-state index is 0.626. The van der Waals surface area contributed by atoms with Gasteiger partial charge in [-0.1, -0.05) is 19.1 Å². The van der Waals surface area contributed by atoms with E-state index in [9.17, 15) is 0 Å². The SMILES string of the molecule is CCOc1ccccc1-n1nnnc1CC. The van der Waals surface area contributed by atoms with Crippen LogP contribution in [-0.4, -0.2) is 26.8 Å². The van der Waals surface area contributed by atoms with E-state index >= 15 is 0 Å². The standard InChI is InChI=1S/C11H14N4O/c1-3-11-12-13-14-15(11)9-7-5-6-8-10(9)16-4-2/h5-8H,3-4H2,1-2H3. The van der Waals surface area contributed by atoms with Crippen LogP contribution in [0, 0.1) is 0 Å². The van der Waals surface area contributed by atoms with Crippen molar-refractivity contribution in [3.63, 3.8) is 0 Å². The van der Waals surface area contributed by atoms with Gasteiger partial charge in [0.2, 0.25) is 0 Å². The number of nitrogens with zero attached hydrogens (tertiary/aromatic N) is 4. The summed E-state index contributed by atoms with van der Waals surface area (Å²) in [5.74, 6) is 1.62. The second kappa shape index (κ2) is 4.74. The first-order valence-corrected chi connectivity index (χ1v) is 5.36. The van der Waals surface area contributed by atoms with Crippen molar-refractivity contribution in [3.05, 3.63) is 30.1 Å². The molecule has 5 nitrogen and oxygen atoms in total. The molecule has 0 spiro atoms. The average Bonchev–Trinajstić information content (AvgIpc) is 2.78. The van der Waals surface area contributed by atoms with Gasteiger partial charge in [0.15, 0.2) is 5.82 Å². The molecule has 0 amide bonds. The van der Waals surface area contributed by atoms with E-state index in [2.05, 4.69) is 15.5 Å². The van der Waals surface area contributed by atoms with Crippen molar-refractivity contribution in [3.8, 4) is 11.4 Å². The van der Waals surface area contributed by atoms with E-state index in [1.807, 2.05) is 38.1 Å². The van der Waals surface area contributed by atoms with E-state index < -0.39 is 0 Å². The van der Waals surface area contributed by atoms with Crippen LogP contribution >= 0.6 is 0 Å². The second-order valence-electron chi connectivity index (χ2n) is 3.26. The van der Waals surface area contributed by atoms with Crippen LogP contribution in [0.25, 0.3) is 5.69 Å². The highest BCUT2D eigenvalue weighted by atomic mass is 16.5. The minimum atomic E-state index is 0.626. The van der Waals surface area contributed by atoms with Gasteiger partial charge >= 0.3 is 0 Å². The largest absolute Gasteiger partial charge is 0.492 e. The number of rotatable bonds is 4. The van der Waals surface area contributed by atoms with E-state index in [-0.39, 0.29) is 0 Å². The first-order chi connectivity index (χ1) is 7.86. The molecule has 84 valence electrons. The predicted octanol–water partition coefficient (Wildman–Crippen LogP) is 1.62. The Balaban J connectivity index is 2.46. The summed E-state index contributed by atoms with van der Waals surface area (Å²) >= 11 is 0. The third-order valence-electron chi connectivity index (χ3n) is 2.24. The smallest absolute Gasteiger partial charge is 0.156 e. The van der Waals surface area contributed by atoms with Gasteiger partial charge in [-0.3, -0.25) is 0 Å². The molecule has 2 aromatic rings. The Hall–Kier alpha value is -1.91. The van der Waals surface area contributed by atoms with E-state index in [1.54, 1.807) is 4.68 Å². The van der Waals surface area contributed by atoms with Crippen LogP contribution in [0.4, 0.5) is 0 Å². The number of tetrazole rings is 1. The first kappa shape index (κ1) is 10.6. The predicted molar refractivity (Wildman–Crippen MR) is 59.7 cm³/mol. The maximum atomic E-state index is 5.54. The van der Waals surface area contributed by atoms with Gasteiger partial charge in [-0.05, 0) is 29.5 Å². The Kier molecular flexibility index (Phi) is 3.14. The van der Waals surface area contributed by atoms with Crippen molar-refractivity contribution in [1.29, 1.82) is 0 Å². The Morgan fingerprint density at radius 1 is 1.25 bits per heavy atom. The number of benzene rings is 1. The van der Waals surface area contributed by atoms with E-state index in [1.165, 1.54) is 0 Å². The lowest BCUT2D eigenvalue weighted by molar-refractivity contribution is 0.338. The fraction of sp³-hybridized carbons (Fsp3) is 0.364. The lowest BCUT2D eigenvalue weighted by Crippen LogP contribution is -2.05. The zero-order valence-electron chi connectivity index (χ0n) is 9.42. The lowest BCUT2D eigenvalue weighted by atomic mass is 10.3. The molecular formula is C11H14N4O. The summed E-state index contributed by atoms with van der Waals surface area (Å²) in [7, 11) is 0. The summed E-state index contributed by atoms with van der Waals surface area (Å²) in [6.07, 6.45) is 0.785. The molecule has 0 saturated carbocycles. The number of hydrogen-bond acceptors (Lipinski definition) is 4. The normalized spacial score (nSPS) is 10.4. The van der Waals surface area contributed by atoms with Crippen LogP contribution in [0.15, 0.2) is 24.3 Å². The third kappa shape index (κ3) is 1.88. The Labute approximate surface area is 94.0 Å². The molecule has 1 heterocycles. The molecule has 0 fully saturated rings. The molecular weight excluding hydrogens is 204 g/mol. The number of aryl methyl sites for hydroxylation is 1. The molecule has 0 aliphatic rings. The molecule has 0 atom stereocenters. The molecule has 0 aliphatic heterocycles. The molecule has 0 saturated heterocycles. The zero-order chi connectivity index (χ0) is 11.4. The van der Waals surface area contributed by atoms with E-state index in [0.29, 0.717) is 6.61 Å². The summed E-state index contributed by atoms with van der Waals surface area (Å²) < 4.78 is 7.26. The monoisotopic (exact) mass is 218 g/mol. The van der Waals surface area contributed by atoms with Gasteiger partial charge in [-0.15, -0.1) is 5.10 Å². The summed E-state index contributed by atoms with van der Waals surface area (Å²) in [6.45, 7) is 4.60. The molecule has 1 aromatic heterocycles. The van der Waals surface area contributed by atoms with Gasteiger partial charge in [0.25, 0.3) is 0 Å². The fourth-order valence-electron chi connectivity index (χ4n) is 1.52. The van der Waals surface area contributed by atoms with E-state index in [4.69, 9.17) is 4.74 Å². The van der Waals surface area contributed by atoms with Crippen LogP contribution in [0.2, 0.25) is 0 Å². The van der Waals surface area contributed by atoms with Crippen molar-refractivity contribution in [2.75, 3.05) is 6.61 Å². The van der Waals surface area contributed by atoms with E-state index in [0.717, 1.165) is 23.7 Å². The highest BCUT2D eigenvalue weighted by Gasteiger charge is 2.10. The number of ether oxygens (including phenoxy) is 1. The van der Waals surface area contributed by atoms with Gasteiger partial charge in [0, 0.05) is 6.42 Å². The van der Waals surface area contributed by atoms with Crippen LogP contribution in [0.5, 0.6) is 5.75 Å². The van der Waals surface area contributed by atoms with Crippen molar-refractivity contribution in [2.45, 2.75) is 20.3 Å². The molecule has 2 rings (SSSR count). The molecule has 5 heteroatoms. The molecule has 0 radical (unpaired) electrons. The van der Waals surface area contributed by atoms with Gasteiger partial charge in [0.1, 0.15) is 11.4 Å². The average molecular weight is 218 g/mol. The highest BCUT2D eigenvalue weighted by molar-refractivity contribution is 5.46. The highest BCUT2D eigenvalue weighted by Crippen LogP contribution is 2.22. The number of hydrogen-bond donors (Lipinski definition) is 0. The molecule has 0 aliphatic carbocycles. The second-order valence-corrected chi connectivity index (χ2v) is 3.26. The van der Waals surface area contributed by atoms with Crippen LogP contribution in [0.1, 0.15) is 19.7 Å². The molecule has 0 bridgehead atoms. The van der Waals surface area contributed by atoms with Crippen LogP contribution in [0.3, 0.4) is 0 Å². The van der Waals surface area contributed by atoms with Crippen molar-refractivity contribution >= 4 is 0 Å². The fourth-order valence-corrected chi connectivity index (χ4v) is 1.52. The van der Waals surface area contributed by atoms with Gasteiger partial charge in [0.05, 0.1) is 6.61 Å².